The van der Waals surface area contributed by atoms with Crippen molar-refractivity contribution in [2.75, 3.05) is 13.2 Å². The molecule has 2 rings (SSSR count). The Labute approximate surface area is 158 Å². The number of benzene rings is 1. The van der Waals surface area contributed by atoms with Gasteiger partial charge in [0.25, 0.3) is 0 Å². The number of carbonyl (C=O) groups is 3. The highest BCUT2D eigenvalue weighted by molar-refractivity contribution is 6.02. The molecule has 1 atom stereocenters. The molecule has 0 aliphatic heterocycles. The Morgan fingerprint density at radius 1 is 1.07 bits per heavy atom. The van der Waals surface area contributed by atoms with Crippen molar-refractivity contribution >= 4 is 17.7 Å². The molecule has 0 saturated heterocycles. The molecule has 1 aromatic heterocycles. The Morgan fingerprint density at radius 3 is 2.37 bits per heavy atom. The molecule has 27 heavy (non-hydrogen) atoms. The average molecular weight is 371 g/mol. The van der Waals surface area contributed by atoms with Gasteiger partial charge in [0.15, 0.2) is 6.61 Å². The number of nitrogens with one attached hydrogen (secondary N) is 1. The molecular formula is C21H25NO5. The van der Waals surface area contributed by atoms with E-state index in [1.807, 2.05) is 37.3 Å². The van der Waals surface area contributed by atoms with Crippen LogP contribution in [0.1, 0.15) is 63.9 Å². The maximum Gasteiger partial charge on any atom is 0.340 e. The van der Waals surface area contributed by atoms with E-state index >= 15 is 0 Å². The van der Waals surface area contributed by atoms with Crippen LogP contribution in [-0.4, -0.2) is 35.9 Å². The third-order valence-corrected chi connectivity index (χ3v) is 4.40. The molecule has 0 fully saturated rings. The fourth-order valence-electron chi connectivity index (χ4n) is 2.96. The number of carbonyl (C=O) groups excluding carboxylic acids is 3. The monoisotopic (exact) mass is 371 g/mol. The van der Waals surface area contributed by atoms with Crippen LogP contribution in [0.15, 0.2) is 30.3 Å². The Balaban J connectivity index is 1.96. The fraction of sp³-hybridized carbons (Fsp3) is 0.381. The summed E-state index contributed by atoms with van der Waals surface area (Å²) < 4.78 is 10.1. The summed E-state index contributed by atoms with van der Waals surface area (Å²) in [5.41, 5.74) is 2.71. The van der Waals surface area contributed by atoms with Crippen molar-refractivity contribution in [3.05, 3.63) is 58.4 Å². The predicted molar refractivity (Wildman–Crippen MR) is 101 cm³/mol. The van der Waals surface area contributed by atoms with E-state index in [2.05, 4.69) is 4.98 Å². The second-order valence-corrected chi connectivity index (χ2v) is 6.45. The van der Waals surface area contributed by atoms with E-state index < -0.39 is 11.9 Å². The Hall–Kier alpha value is -2.89. The number of aryl methyl sites for hydroxylation is 1. The number of aromatic nitrogens is 1. The van der Waals surface area contributed by atoms with Crippen LogP contribution < -0.4 is 0 Å². The minimum Gasteiger partial charge on any atom is -0.462 e. The van der Waals surface area contributed by atoms with E-state index in [0.717, 1.165) is 5.56 Å². The number of aromatic amines is 1. The summed E-state index contributed by atoms with van der Waals surface area (Å²) in [5, 5.41) is 0. The standard InChI is InChI=1S/C21H25NO5/c1-5-26-21(25)19-14(3)20(22-15(19)4)17(23)12-27-18(24)11-13(2)16-9-7-6-8-10-16/h6-10,13,22H,5,11-12H2,1-4H3/t13-/m0/s1. The zero-order valence-corrected chi connectivity index (χ0v) is 16.1. The molecule has 144 valence electrons. The summed E-state index contributed by atoms with van der Waals surface area (Å²) in [5.74, 6) is -1.30. The van der Waals surface area contributed by atoms with Crippen molar-refractivity contribution < 1.29 is 23.9 Å². The minimum absolute atomic E-state index is 0.00122. The van der Waals surface area contributed by atoms with Gasteiger partial charge in [-0.25, -0.2) is 4.79 Å². The third-order valence-electron chi connectivity index (χ3n) is 4.40. The Kier molecular flexibility index (Phi) is 6.93. The van der Waals surface area contributed by atoms with Gasteiger partial charge in [0.1, 0.15) is 0 Å². The van der Waals surface area contributed by atoms with Gasteiger partial charge in [-0.3, -0.25) is 9.59 Å². The van der Waals surface area contributed by atoms with Crippen molar-refractivity contribution in [3.63, 3.8) is 0 Å². The Morgan fingerprint density at radius 2 is 1.74 bits per heavy atom. The molecule has 1 N–H and O–H groups in total. The molecule has 0 aliphatic rings. The van der Waals surface area contributed by atoms with E-state index in [-0.39, 0.29) is 37.0 Å². The fourth-order valence-corrected chi connectivity index (χ4v) is 2.96. The molecule has 0 saturated carbocycles. The lowest BCUT2D eigenvalue weighted by Crippen LogP contribution is -2.16. The first-order chi connectivity index (χ1) is 12.8. The summed E-state index contributed by atoms with van der Waals surface area (Å²) >= 11 is 0. The van der Waals surface area contributed by atoms with Crippen molar-refractivity contribution in [3.8, 4) is 0 Å². The van der Waals surface area contributed by atoms with E-state index in [1.54, 1.807) is 20.8 Å². The van der Waals surface area contributed by atoms with Gasteiger partial charge in [0.05, 0.1) is 24.3 Å². The zero-order chi connectivity index (χ0) is 20.0. The number of rotatable bonds is 8. The van der Waals surface area contributed by atoms with Crippen molar-refractivity contribution in [1.82, 2.24) is 4.98 Å². The van der Waals surface area contributed by atoms with Gasteiger partial charge in [-0.05, 0) is 37.8 Å². The topological polar surface area (TPSA) is 85.5 Å². The van der Waals surface area contributed by atoms with Crippen molar-refractivity contribution in [2.24, 2.45) is 0 Å². The largest absolute Gasteiger partial charge is 0.462 e. The lowest BCUT2D eigenvalue weighted by molar-refractivity contribution is -0.142. The number of hydrogen-bond donors (Lipinski definition) is 1. The van der Waals surface area contributed by atoms with Crippen LogP contribution in [0.25, 0.3) is 0 Å². The molecule has 0 bridgehead atoms. The van der Waals surface area contributed by atoms with Gasteiger partial charge in [-0.2, -0.15) is 0 Å². The van der Waals surface area contributed by atoms with E-state index in [0.29, 0.717) is 16.8 Å². The maximum absolute atomic E-state index is 12.4. The van der Waals surface area contributed by atoms with Gasteiger partial charge in [0, 0.05) is 5.69 Å². The molecule has 0 amide bonds. The molecule has 1 aromatic carbocycles. The van der Waals surface area contributed by atoms with Crippen LogP contribution in [0.4, 0.5) is 0 Å². The zero-order valence-electron chi connectivity index (χ0n) is 16.1. The summed E-state index contributed by atoms with van der Waals surface area (Å²) in [6.45, 7) is 6.90. The summed E-state index contributed by atoms with van der Waals surface area (Å²) in [7, 11) is 0. The van der Waals surface area contributed by atoms with Gasteiger partial charge in [-0.15, -0.1) is 0 Å². The molecule has 6 heteroatoms. The van der Waals surface area contributed by atoms with Gasteiger partial charge >= 0.3 is 11.9 Å². The first-order valence-electron chi connectivity index (χ1n) is 8.95. The molecule has 6 nitrogen and oxygen atoms in total. The van der Waals surface area contributed by atoms with Crippen molar-refractivity contribution in [1.29, 1.82) is 0 Å². The van der Waals surface area contributed by atoms with E-state index in [1.165, 1.54) is 0 Å². The highest BCUT2D eigenvalue weighted by Gasteiger charge is 2.23. The number of ketones is 1. The third kappa shape index (κ3) is 5.06. The summed E-state index contributed by atoms with van der Waals surface area (Å²) in [4.78, 5) is 39.4. The van der Waals surface area contributed by atoms with E-state index in [9.17, 15) is 14.4 Å². The van der Waals surface area contributed by atoms with Gasteiger partial charge in [-0.1, -0.05) is 37.3 Å². The quantitative estimate of drug-likeness (QED) is 0.564. The van der Waals surface area contributed by atoms with Crippen LogP contribution in [0.2, 0.25) is 0 Å². The molecule has 0 radical (unpaired) electrons. The highest BCUT2D eigenvalue weighted by atomic mass is 16.5. The molecule has 0 spiro atoms. The van der Waals surface area contributed by atoms with Crippen LogP contribution in [0.5, 0.6) is 0 Å². The number of ether oxygens (including phenoxy) is 2. The Bertz CT molecular complexity index is 823. The second-order valence-electron chi connectivity index (χ2n) is 6.45. The SMILES string of the molecule is CCOC(=O)c1c(C)[nH]c(C(=O)COC(=O)C[C@H](C)c2ccccc2)c1C. The lowest BCUT2D eigenvalue weighted by Gasteiger charge is -2.11. The van der Waals surface area contributed by atoms with Crippen LogP contribution in [0.3, 0.4) is 0 Å². The lowest BCUT2D eigenvalue weighted by atomic mass is 9.98. The smallest absolute Gasteiger partial charge is 0.340 e. The first-order valence-corrected chi connectivity index (χ1v) is 8.95. The molecule has 0 unspecified atom stereocenters. The molecule has 0 aliphatic carbocycles. The number of H-pyrrole nitrogens is 1. The van der Waals surface area contributed by atoms with E-state index in [4.69, 9.17) is 9.47 Å². The predicted octanol–water partition coefficient (Wildman–Crippen LogP) is 3.73. The number of Topliss-reactive ketones (excluding diaryl/α,β-unsaturated/α-hetero) is 1. The number of esters is 2. The second kappa shape index (κ2) is 9.16. The van der Waals surface area contributed by atoms with Crippen LogP contribution >= 0.6 is 0 Å². The van der Waals surface area contributed by atoms with Gasteiger partial charge in [0.2, 0.25) is 5.78 Å². The first kappa shape index (κ1) is 20.4. The summed E-state index contributed by atoms with van der Waals surface area (Å²) in [6, 6.07) is 9.64. The van der Waals surface area contributed by atoms with Crippen LogP contribution in [0, 0.1) is 13.8 Å². The van der Waals surface area contributed by atoms with Crippen molar-refractivity contribution in [2.45, 2.75) is 40.0 Å². The normalized spacial score (nSPS) is 11.7. The van der Waals surface area contributed by atoms with Crippen LogP contribution in [-0.2, 0) is 14.3 Å². The minimum atomic E-state index is -0.475. The molecule has 2 aromatic rings. The molecular weight excluding hydrogens is 346 g/mol. The molecule has 1 heterocycles. The maximum atomic E-state index is 12.4. The summed E-state index contributed by atoms with van der Waals surface area (Å²) in [6.07, 6.45) is 0.189. The highest BCUT2D eigenvalue weighted by Crippen LogP contribution is 2.21. The van der Waals surface area contributed by atoms with Gasteiger partial charge < -0.3 is 14.5 Å². The number of hydrogen-bond acceptors (Lipinski definition) is 5. The average Bonchev–Trinajstić information content (AvgIpc) is 2.95.